The van der Waals surface area contributed by atoms with Crippen molar-refractivity contribution in [3.63, 3.8) is 0 Å². The van der Waals surface area contributed by atoms with E-state index in [0.717, 1.165) is 0 Å². The largest absolute Gasteiger partial charge is 0.462 e. The van der Waals surface area contributed by atoms with Gasteiger partial charge in [-0.25, -0.2) is 9.59 Å². The van der Waals surface area contributed by atoms with E-state index in [1.807, 2.05) is 0 Å². The molecule has 0 atom stereocenters. The van der Waals surface area contributed by atoms with Crippen LogP contribution in [0.5, 0.6) is 0 Å². The third-order valence-corrected chi connectivity index (χ3v) is 2.15. The van der Waals surface area contributed by atoms with Crippen LogP contribution >= 0.6 is 0 Å². The van der Waals surface area contributed by atoms with E-state index in [2.05, 4.69) is 0 Å². The lowest BCUT2D eigenvalue weighted by Gasteiger charge is -2.07. The minimum absolute atomic E-state index is 0.0699. The van der Waals surface area contributed by atoms with Crippen LogP contribution in [-0.2, 0) is 23.9 Å². The SMILES string of the molecule is CCOC(=O)C1=C(CC=O)/C(=C\N(C)C)OC1=O. The number of hydrogen-bond acceptors (Lipinski definition) is 6. The van der Waals surface area contributed by atoms with Crippen molar-refractivity contribution in [2.45, 2.75) is 13.3 Å². The molecule has 0 aromatic rings. The summed E-state index contributed by atoms with van der Waals surface area (Å²) in [6, 6.07) is 0. The lowest BCUT2D eigenvalue weighted by Crippen LogP contribution is -2.14. The van der Waals surface area contributed by atoms with Gasteiger partial charge >= 0.3 is 11.9 Å². The van der Waals surface area contributed by atoms with E-state index >= 15 is 0 Å². The van der Waals surface area contributed by atoms with Crippen molar-refractivity contribution in [2.24, 2.45) is 0 Å². The molecule has 0 saturated heterocycles. The van der Waals surface area contributed by atoms with Crippen LogP contribution in [0.3, 0.4) is 0 Å². The smallest absolute Gasteiger partial charge is 0.351 e. The zero-order chi connectivity index (χ0) is 13.7. The maximum absolute atomic E-state index is 11.6. The Balaban J connectivity index is 3.19. The van der Waals surface area contributed by atoms with E-state index in [0.29, 0.717) is 6.29 Å². The quantitative estimate of drug-likeness (QED) is 0.401. The topological polar surface area (TPSA) is 72.9 Å². The average molecular weight is 253 g/mol. The van der Waals surface area contributed by atoms with Gasteiger partial charge in [-0.05, 0) is 6.92 Å². The highest BCUT2D eigenvalue weighted by Gasteiger charge is 2.35. The summed E-state index contributed by atoms with van der Waals surface area (Å²) in [6.45, 7) is 1.78. The van der Waals surface area contributed by atoms with Crippen molar-refractivity contribution >= 4 is 18.2 Å². The number of ether oxygens (including phenoxy) is 2. The Morgan fingerprint density at radius 1 is 1.44 bits per heavy atom. The van der Waals surface area contributed by atoms with Crippen LogP contribution in [0, 0.1) is 0 Å². The van der Waals surface area contributed by atoms with Crippen molar-refractivity contribution in [1.29, 1.82) is 0 Å². The molecule has 6 heteroatoms. The molecule has 0 saturated carbocycles. The first-order chi connectivity index (χ1) is 8.51. The number of carbonyl (C=O) groups excluding carboxylic acids is 3. The van der Waals surface area contributed by atoms with Gasteiger partial charge in [0, 0.05) is 32.3 Å². The van der Waals surface area contributed by atoms with E-state index in [-0.39, 0.29) is 29.9 Å². The molecule has 0 amide bonds. The number of aldehydes is 1. The Labute approximate surface area is 105 Å². The fraction of sp³-hybridized carbons (Fsp3) is 0.417. The zero-order valence-electron chi connectivity index (χ0n) is 10.6. The molecular weight excluding hydrogens is 238 g/mol. The van der Waals surface area contributed by atoms with Gasteiger partial charge in [0.1, 0.15) is 6.29 Å². The van der Waals surface area contributed by atoms with Gasteiger partial charge in [-0.3, -0.25) is 0 Å². The first kappa shape index (κ1) is 14.0. The first-order valence-corrected chi connectivity index (χ1v) is 5.46. The number of nitrogens with zero attached hydrogens (tertiary/aromatic N) is 1. The van der Waals surface area contributed by atoms with E-state index in [9.17, 15) is 14.4 Å². The molecule has 0 radical (unpaired) electrons. The maximum Gasteiger partial charge on any atom is 0.351 e. The van der Waals surface area contributed by atoms with Crippen molar-refractivity contribution in [1.82, 2.24) is 4.90 Å². The molecule has 1 rings (SSSR count). The number of hydrogen-bond donors (Lipinski definition) is 0. The summed E-state index contributed by atoms with van der Waals surface area (Å²) >= 11 is 0. The van der Waals surface area contributed by atoms with Crippen LogP contribution in [0.1, 0.15) is 13.3 Å². The predicted octanol–water partition coefficient (Wildman–Crippen LogP) is 0.395. The Bertz CT molecular complexity index is 434. The molecule has 6 nitrogen and oxygen atoms in total. The summed E-state index contributed by atoms with van der Waals surface area (Å²) in [4.78, 5) is 35.5. The summed E-state index contributed by atoms with van der Waals surface area (Å²) in [5.74, 6) is -1.33. The monoisotopic (exact) mass is 253 g/mol. The van der Waals surface area contributed by atoms with Crippen molar-refractivity contribution in [3.8, 4) is 0 Å². The maximum atomic E-state index is 11.6. The second-order valence-corrected chi connectivity index (χ2v) is 3.79. The van der Waals surface area contributed by atoms with Crippen LogP contribution in [-0.4, -0.2) is 43.8 Å². The van der Waals surface area contributed by atoms with E-state index < -0.39 is 11.9 Å². The average Bonchev–Trinajstić information content (AvgIpc) is 2.55. The molecule has 0 N–H and O–H groups in total. The fourth-order valence-electron chi connectivity index (χ4n) is 1.49. The molecular formula is C12H15NO5. The van der Waals surface area contributed by atoms with Gasteiger partial charge in [0.15, 0.2) is 11.3 Å². The Hall–Kier alpha value is -2.11. The Kier molecular flexibility index (Phi) is 4.65. The minimum atomic E-state index is -0.779. The summed E-state index contributed by atoms with van der Waals surface area (Å²) < 4.78 is 9.74. The zero-order valence-corrected chi connectivity index (χ0v) is 10.6. The number of cyclic esters (lactones) is 1. The van der Waals surface area contributed by atoms with Gasteiger partial charge in [0.05, 0.1) is 6.61 Å². The highest BCUT2D eigenvalue weighted by molar-refractivity contribution is 6.17. The molecule has 0 aromatic carbocycles. The molecule has 1 aliphatic heterocycles. The number of esters is 2. The Morgan fingerprint density at radius 3 is 2.61 bits per heavy atom. The molecule has 0 spiro atoms. The third-order valence-electron chi connectivity index (χ3n) is 2.15. The molecule has 0 fully saturated rings. The van der Waals surface area contributed by atoms with E-state index in [4.69, 9.17) is 9.47 Å². The lowest BCUT2D eigenvalue weighted by molar-refractivity contribution is -0.143. The van der Waals surface area contributed by atoms with Gasteiger partial charge in [0.25, 0.3) is 0 Å². The third kappa shape index (κ3) is 2.97. The second-order valence-electron chi connectivity index (χ2n) is 3.79. The molecule has 0 bridgehead atoms. The fourth-order valence-corrected chi connectivity index (χ4v) is 1.49. The second kappa shape index (κ2) is 6.00. The molecule has 0 aliphatic carbocycles. The number of rotatable bonds is 5. The molecule has 0 unspecified atom stereocenters. The van der Waals surface area contributed by atoms with Crippen molar-refractivity contribution < 1.29 is 23.9 Å². The molecule has 0 aromatic heterocycles. The van der Waals surface area contributed by atoms with Crippen molar-refractivity contribution in [3.05, 3.63) is 23.1 Å². The minimum Gasteiger partial charge on any atom is -0.462 e. The summed E-state index contributed by atoms with van der Waals surface area (Å²) in [5.41, 5.74) is 0.0687. The van der Waals surface area contributed by atoms with Crippen LogP contribution in [0.15, 0.2) is 23.1 Å². The standard InChI is InChI=1S/C12H15NO5/c1-4-17-11(15)10-8(5-6-14)9(7-13(2)3)18-12(10)16/h6-7H,4-5H2,1-3H3/b9-7+. The van der Waals surface area contributed by atoms with Gasteiger partial charge in [-0.1, -0.05) is 0 Å². The molecule has 18 heavy (non-hydrogen) atoms. The molecule has 1 aliphatic rings. The predicted molar refractivity (Wildman–Crippen MR) is 62.2 cm³/mol. The Morgan fingerprint density at radius 2 is 2.11 bits per heavy atom. The first-order valence-electron chi connectivity index (χ1n) is 5.46. The van der Waals surface area contributed by atoms with Gasteiger partial charge < -0.3 is 19.2 Å². The number of carbonyl (C=O) groups is 3. The molecule has 98 valence electrons. The van der Waals surface area contributed by atoms with E-state index in [1.54, 1.807) is 25.9 Å². The highest BCUT2D eigenvalue weighted by atomic mass is 16.6. The normalized spacial score (nSPS) is 16.8. The van der Waals surface area contributed by atoms with Gasteiger partial charge in [-0.15, -0.1) is 0 Å². The van der Waals surface area contributed by atoms with E-state index in [1.165, 1.54) is 6.20 Å². The summed E-state index contributed by atoms with van der Waals surface area (Å²) in [6.07, 6.45) is 2.07. The van der Waals surface area contributed by atoms with Crippen LogP contribution < -0.4 is 0 Å². The van der Waals surface area contributed by atoms with Gasteiger partial charge in [-0.2, -0.15) is 0 Å². The highest BCUT2D eigenvalue weighted by Crippen LogP contribution is 2.29. The summed E-state index contributed by atoms with van der Waals surface area (Å²) in [7, 11) is 3.48. The van der Waals surface area contributed by atoms with Crippen LogP contribution in [0.2, 0.25) is 0 Å². The van der Waals surface area contributed by atoms with Crippen molar-refractivity contribution in [2.75, 3.05) is 20.7 Å². The molecule has 1 heterocycles. The van der Waals surface area contributed by atoms with Crippen LogP contribution in [0.25, 0.3) is 0 Å². The summed E-state index contributed by atoms with van der Waals surface area (Å²) in [5, 5.41) is 0. The van der Waals surface area contributed by atoms with Gasteiger partial charge in [0.2, 0.25) is 0 Å². The van der Waals surface area contributed by atoms with Crippen LogP contribution in [0.4, 0.5) is 0 Å². The lowest BCUT2D eigenvalue weighted by atomic mass is 10.1. The number of allylic oxidation sites excluding steroid dienone is 1.